The topological polar surface area (TPSA) is 87.7 Å². The van der Waals surface area contributed by atoms with Gasteiger partial charge in [0.2, 0.25) is 0 Å². The van der Waals surface area contributed by atoms with Crippen LogP contribution in [0.1, 0.15) is 5.56 Å². The van der Waals surface area contributed by atoms with Crippen LogP contribution < -0.4 is 5.32 Å². The summed E-state index contributed by atoms with van der Waals surface area (Å²) in [7, 11) is -2.92. The molecule has 0 fully saturated rings. The van der Waals surface area contributed by atoms with Crippen molar-refractivity contribution in [1.82, 2.24) is 20.5 Å². The Bertz CT molecular complexity index is 622. The molecular formula is C12H16N4O2S. The summed E-state index contributed by atoms with van der Waals surface area (Å²) >= 11 is 0. The van der Waals surface area contributed by atoms with Gasteiger partial charge in [-0.3, -0.25) is 10.1 Å². The van der Waals surface area contributed by atoms with Crippen LogP contribution in [0.3, 0.4) is 0 Å². The number of nitrogens with zero attached hydrogens (tertiary/aromatic N) is 2. The standard InChI is InChI=1S/C12H16N4O2S/c1-19(17,18)6-5-14-8-11-9-15-16-12(11)10-3-2-4-13-7-10/h2-4,7,9,14H,5-6,8H2,1H3,(H,15,16). The van der Waals surface area contributed by atoms with Crippen molar-refractivity contribution in [3.05, 3.63) is 36.3 Å². The molecule has 2 N–H and O–H groups in total. The lowest BCUT2D eigenvalue weighted by atomic mass is 10.1. The van der Waals surface area contributed by atoms with Crippen molar-refractivity contribution in [3.8, 4) is 11.3 Å². The number of aromatic nitrogens is 3. The van der Waals surface area contributed by atoms with Crippen molar-refractivity contribution in [2.45, 2.75) is 6.54 Å². The second-order valence-electron chi connectivity index (χ2n) is 4.32. The zero-order valence-corrected chi connectivity index (χ0v) is 11.4. The molecule has 0 aromatic carbocycles. The first-order valence-electron chi connectivity index (χ1n) is 5.87. The Labute approximate surface area is 112 Å². The Kier molecular flexibility index (Phi) is 4.28. The van der Waals surface area contributed by atoms with E-state index in [2.05, 4.69) is 20.5 Å². The van der Waals surface area contributed by atoms with Gasteiger partial charge in [0.15, 0.2) is 0 Å². The molecular weight excluding hydrogens is 264 g/mol. The molecule has 0 saturated heterocycles. The summed E-state index contributed by atoms with van der Waals surface area (Å²) in [5.74, 6) is 0.132. The Balaban J connectivity index is 1.97. The number of pyridine rings is 1. The summed E-state index contributed by atoms with van der Waals surface area (Å²) in [6.07, 6.45) is 6.43. The number of sulfone groups is 1. The van der Waals surface area contributed by atoms with Crippen LogP contribution in [0, 0.1) is 0 Å². The average Bonchev–Trinajstić information content (AvgIpc) is 2.83. The molecule has 2 aromatic rings. The van der Waals surface area contributed by atoms with Gasteiger partial charge in [0.25, 0.3) is 0 Å². The van der Waals surface area contributed by atoms with Gasteiger partial charge in [-0.25, -0.2) is 8.42 Å². The first-order valence-corrected chi connectivity index (χ1v) is 7.93. The molecule has 0 atom stereocenters. The van der Waals surface area contributed by atoms with E-state index in [1.807, 2.05) is 12.1 Å². The first kappa shape index (κ1) is 13.7. The smallest absolute Gasteiger partial charge is 0.148 e. The fourth-order valence-corrected chi connectivity index (χ4v) is 2.20. The summed E-state index contributed by atoms with van der Waals surface area (Å²) in [4.78, 5) is 4.06. The van der Waals surface area contributed by atoms with Crippen LogP contribution in [0.2, 0.25) is 0 Å². The average molecular weight is 280 g/mol. The van der Waals surface area contributed by atoms with Crippen molar-refractivity contribution in [1.29, 1.82) is 0 Å². The lowest BCUT2D eigenvalue weighted by molar-refractivity contribution is 0.596. The summed E-state index contributed by atoms with van der Waals surface area (Å²) in [5.41, 5.74) is 2.85. The van der Waals surface area contributed by atoms with E-state index in [4.69, 9.17) is 0 Å². The van der Waals surface area contributed by atoms with E-state index in [0.29, 0.717) is 13.1 Å². The summed E-state index contributed by atoms with van der Waals surface area (Å²) in [5, 5.41) is 10.0. The molecule has 0 saturated carbocycles. The molecule has 0 bridgehead atoms. The van der Waals surface area contributed by atoms with Crippen LogP contribution in [0.5, 0.6) is 0 Å². The fourth-order valence-electron chi connectivity index (χ4n) is 1.69. The minimum atomic E-state index is -2.92. The van der Waals surface area contributed by atoms with Crippen LogP contribution in [0.4, 0.5) is 0 Å². The fraction of sp³-hybridized carbons (Fsp3) is 0.333. The first-order chi connectivity index (χ1) is 9.06. The third kappa shape index (κ3) is 4.15. The number of H-pyrrole nitrogens is 1. The van der Waals surface area contributed by atoms with Crippen LogP contribution in [-0.2, 0) is 16.4 Å². The van der Waals surface area contributed by atoms with Gasteiger partial charge in [0.05, 0.1) is 17.6 Å². The monoisotopic (exact) mass is 280 g/mol. The predicted molar refractivity (Wildman–Crippen MR) is 73.2 cm³/mol. The molecule has 2 heterocycles. The maximum absolute atomic E-state index is 11.0. The van der Waals surface area contributed by atoms with Crippen LogP contribution in [-0.4, -0.2) is 42.2 Å². The maximum Gasteiger partial charge on any atom is 0.148 e. The summed E-state index contributed by atoms with van der Waals surface area (Å²) in [6.45, 7) is 0.993. The van der Waals surface area contributed by atoms with E-state index in [-0.39, 0.29) is 5.75 Å². The Morgan fingerprint density at radius 2 is 2.21 bits per heavy atom. The third-order valence-corrected chi connectivity index (χ3v) is 3.58. The van der Waals surface area contributed by atoms with E-state index >= 15 is 0 Å². The number of rotatable bonds is 6. The van der Waals surface area contributed by atoms with E-state index in [9.17, 15) is 8.42 Å². The van der Waals surface area contributed by atoms with Gasteiger partial charge < -0.3 is 5.32 Å². The SMILES string of the molecule is CS(=O)(=O)CCNCc1cn[nH]c1-c1cccnc1. The van der Waals surface area contributed by atoms with Gasteiger partial charge in [0, 0.05) is 42.9 Å². The van der Waals surface area contributed by atoms with Gasteiger partial charge in [-0.15, -0.1) is 0 Å². The van der Waals surface area contributed by atoms with Gasteiger partial charge in [-0.2, -0.15) is 5.10 Å². The largest absolute Gasteiger partial charge is 0.312 e. The highest BCUT2D eigenvalue weighted by Gasteiger charge is 2.08. The highest BCUT2D eigenvalue weighted by molar-refractivity contribution is 7.90. The lowest BCUT2D eigenvalue weighted by Gasteiger charge is -2.05. The van der Waals surface area contributed by atoms with Crippen molar-refractivity contribution in [2.75, 3.05) is 18.6 Å². The zero-order valence-electron chi connectivity index (χ0n) is 10.6. The van der Waals surface area contributed by atoms with E-state index < -0.39 is 9.84 Å². The molecule has 0 aliphatic carbocycles. The van der Waals surface area contributed by atoms with Gasteiger partial charge in [0.1, 0.15) is 9.84 Å². The molecule has 19 heavy (non-hydrogen) atoms. The quantitative estimate of drug-likeness (QED) is 0.757. The van der Waals surface area contributed by atoms with Crippen LogP contribution in [0.15, 0.2) is 30.7 Å². The predicted octanol–water partition coefficient (Wildman–Crippen LogP) is 0.606. The summed E-state index contributed by atoms with van der Waals surface area (Å²) in [6, 6.07) is 3.80. The van der Waals surface area contributed by atoms with Gasteiger partial charge in [-0.1, -0.05) is 0 Å². The van der Waals surface area contributed by atoms with E-state index in [1.54, 1.807) is 18.6 Å². The molecule has 0 amide bonds. The maximum atomic E-state index is 11.0. The second-order valence-corrected chi connectivity index (χ2v) is 6.58. The molecule has 0 radical (unpaired) electrons. The van der Waals surface area contributed by atoms with Crippen molar-refractivity contribution in [2.24, 2.45) is 0 Å². The van der Waals surface area contributed by atoms with Gasteiger partial charge >= 0.3 is 0 Å². The summed E-state index contributed by atoms with van der Waals surface area (Å²) < 4.78 is 22.0. The number of nitrogens with one attached hydrogen (secondary N) is 2. The van der Waals surface area contributed by atoms with Gasteiger partial charge in [-0.05, 0) is 12.1 Å². The van der Waals surface area contributed by atoms with E-state index in [0.717, 1.165) is 16.8 Å². The third-order valence-electron chi connectivity index (χ3n) is 2.63. The number of hydrogen-bond donors (Lipinski definition) is 2. The van der Waals surface area contributed by atoms with Crippen molar-refractivity contribution >= 4 is 9.84 Å². The van der Waals surface area contributed by atoms with Crippen LogP contribution >= 0.6 is 0 Å². The van der Waals surface area contributed by atoms with Crippen LogP contribution in [0.25, 0.3) is 11.3 Å². The van der Waals surface area contributed by atoms with Crippen molar-refractivity contribution < 1.29 is 8.42 Å². The molecule has 6 nitrogen and oxygen atoms in total. The van der Waals surface area contributed by atoms with Crippen molar-refractivity contribution in [3.63, 3.8) is 0 Å². The minimum absolute atomic E-state index is 0.132. The minimum Gasteiger partial charge on any atom is -0.312 e. The Morgan fingerprint density at radius 1 is 1.37 bits per heavy atom. The molecule has 0 spiro atoms. The molecule has 0 unspecified atom stereocenters. The van der Waals surface area contributed by atoms with E-state index in [1.165, 1.54) is 6.26 Å². The molecule has 0 aliphatic rings. The molecule has 2 aromatic heterocycles. The molecule has 7 heteroatoms. The zero-order chi connectivity index (χ0) is 13.7. The number of hydrogen-bond acceptors (Lipinski definition) is 5. The number of aromatic amines is 1. The normalized spacial score (nSPS) is 11.6. The molecule has 0 aliphatic heterocycles. The second kappa shape index (κ2) is 5.94. The molecule has 102 valence electrons. The molecule has 2 rings (SSSR count). The lowest BCUT2D eigenvalue weighted by Crippen LogP contribution is -2.22. The Hall–Kier alpha value is -1.73. The highest BCUT2D eigenvalue weighted by atomic mass is 32.2. The highest BCUT2D eigenvalue weighted by Crippen LogP contribution is 2.19. The Morgan fingerprint density at radius 3 is 2.89 bits per heavy atom.